The van der Waals surface area contributed by atoms with Gasteiger partial charge in [-0.15, -0.1) is 0 Å². The number of benzene rings is 2. The summed E-state index contributed by atoms with van der Waals surface area (Å²) in [7, 11) is 0. The largest absolute Gasteiger partial charge is 0.478 e. The summed E-state index contributed by atoms with van der Waals surface area (Å²) in [6.45, 7) is 2.67. The number of carbonyl (C=O) groups excluding carboxylic acids is 1. The summed E-state index contributed by atoms with van der Waals surface area (Å²) in [5.41, 5.74) is 2.72. The van der Waals surface area contributed by atoms with Crippen LogP contribution in [0.3, 0.4) is 0 Å². The van der Waals surface area contributed by atoms with Crippen LogP contribution in [0.5, 0.6) is 0 Å². The predicted molar refractivity (Wildman–Crippen MR) is 122 cm³/mol. The number of aliphatic imine (C=N–C) groups is 1. The van der Waals surface area contributed by atoms with Gasteiger partial charge in [0.1, 0.15) is 5.84 Å². The van der Waals surface area contributed by atoms with Crippen molar-refractivity contribution in [3.63, 3.8) is 0 Å². The molecule has 5 heteroatoms. The fraction of sp³-hybridized carbons (Fsp3) is 0.423. The second-order valence-electron chi connectivity index (χ2n) is 8.77. The molecule has 1 fully saturated rings. The molecular weight excluding hydrogens is 388 g/mol. The standard InChI is InChI=1S/C26H30N2O3/c1-2-3-10-23-27-26(15-6-7-16-26)17-24(29)28(23)18-19-11-13-20(14-12-19)21-8-4-5-9-22(21)25(30)31/h4-5,8-9,11-14H,2-3,6-7,10,15-18H2,1H3,(H,30,31). The van der Waals surface area contributed by atoms with Crippen molar-refractivity contribution >= 4 is 17.7 Å². The molecule has 4 rings (SSSR count). The van der Waals surface area contributed by atoms with E-state index in [1.54, 1.807) is 12.1 Å². The minimum Gasteiger partial charge on any atom is -0.478 e. The lowest BCUT2D eigenvalue weighted by Crippen LogP contribution is -2.46. The molecular formula is C26H30N2O3. The lowest BCUT2D eigenvalue weighted by molar-refractivity contribution is -0.130. The van der Waals surface area contributed by atoms with E-state index in [0.29, 0.717) is 18.5 Å². The second-order valence-corrected chi connectivity index (χ2v) is 8.77. The Hall–Kier alpha value is -2.95. The lowest BCUT2D eigenvalue weighted by atomic mass is 9.90. The maximum atomic E-state index is 13.1. The van der Waals surface area contributed by atoms with Gasteiger partial charge in [0.25, 0.3) is 0 Å². The molecule has 0 bridgehead atoms. The van der Waals surface area contributed by atoms with Gasteiger partial charge in [-0.2, -0.15) is 0 Å². The molecule has 162 valence electrons. The fourth-order valence-corrected chi connectivity index (χ4v) is 4.82. The van der Waals surface area contributed by atoms with Crippen LogP contribution < -0.4 is 0 Å². The van der Waals surface area contributed by atoms with Crippen molar-refractivity contribution in [1.29, 1.82) is 0 Å². The first kappa shape index (κ1) is 21.3. The van der Waals surface area contributed by atoms with Crippen LogP contribution in [0.2, 0.25) is 0 Å². The summed E-state index contributed by atoms with van der Waals surface area (Å²) in [5, 5.41) is 9.46. The minimum absolute atomic E-state index is 0.152. The average molecular weight is 419 g/mol. The quantitative estimate of drug-likeness (QED) is 0.628. The Morgan fingerprint density at radius 2 is 1.81 bits per heavy atom. The van der Waals surface area contributed by atoms with Gasteiger partial charge in [-0.05, 0) is 42.0 Å². The van der Waals surface area contributed by atoms with E-state index >= 15 is 0 Å². The topological polar surface area (TPSA) is 70.0 Å². The summed E-state index contributed by atoms with van der Waals surface area (Å²) < 4.78 is 0. The second kappa shape index (κ2) is 9.04. The van der Waals surface area contributed by atoms with Crippen LogP contribution in [0.25, 0.3) is 11.1 Å². The Kier molecular flexibility index (Phi) is 6.21. The van der Waals surface area contributed by atoms with Crippen LogP contribution in [0, 0.1) is 0 Å². The van der Waals surface area contributed by atoms with E-state index < -0.39 is 5.97 Å². The van der Waals surface area contributed by atoms with Gasteiger partial charge in [-0.25, -0.2) is 4.79 Å². The van der Waals surface area contributed by atoms with Gasteiger partial charge in [0.05, 0.1) is 24.1 Å². The van der Waals surface area contributed by atoms with Crippen LogP contribution in [-0.2, 0) is 11.3 Å². The lowest BCUT2D eigenvalue weighted by Gasteiger charge is -2.37. The van der Waals surface area contributed by atoms with Gasteiger partial charge >= 0.3 is 5.97 Å². The van der Waals surface area contributed by atoms with Crippen molar-refractivity contribution in [2.24, 2.45) is 4.99 Å². The summed E-state index contributed by atoms with van der Waals surface area (Å²) in [4.78, 5) is 31.7. The monoisotopic (exact) mass is 418 g/mol. The molecule has 2 aromatic rings. The van der Waals surface area contributed by atoms with Crippen LogP contribution in [0.15, 0.2) is 53.5 Å². The van der Waals surface area contributed by atoms with E-state index in [4.69, 9.17) is 4.99 Å². The molecule has 31 heavy (non-hydrogen) atoms. The van der Waals surface area contributed by atoms with Crippen LogP contribution in [-0.4, -0.2) is 33.3 Å². The van der Waals surface area contributed by atoms with E-state index in [9.17, 15) is 14.7 Å². The molecule has 1 N–H and O–H groups in total. The molecule has 0 atom stereocenters. The number of rotatable bonds is 7. The Morgan fingerprint density at radius 1 is 1.10 bits per heavy atom. The highest BCUT2D eigenvalue weighted by atomic mass is 16.4. The van der Waals surface area contributed by atoms with Crippen molar-refractivity contribution in [3.05, 3.63) is 59.7 Å². The third-order valence-electron chi connectivity index (χ3n) is 6.51. The van der Waals surface area contributed by atoms with E-state index in [1.165, 1.54) is 0 Å². The molecule has 2 aromatic carbocycles. The number of carbonyl (C=O) groups is 2. The molecule has 1 heterocycles. The predicted octanol–water partition coefficient (Wildman–Crippen LogP) is 5.69. The van der Waals surface area contributed by atoms with Gasteiger partial charge in [-0.1, -0.05) is 68.7 Å². The summed E-state index contributed by atoms with van der Waals surface area (Å²) in [6, 6.07) is 14.9. The Labute approximate surface area is 183 Å². The van der Waals surface area contributed by atoms with Crippen molar-refractivity contribution < 1.29 is 14.7 Å². The molecule has 0 unspecified atom stereocenters. The summed E-state index contributed by atoms with van der Waals surface area (Å²) in [5.74, 6) is 0.194. The first-order valence-corrected chi connectivity index (χ1v) is 11.3. The number of amidine groups is 1. The van der Waals surface area contributed by atoms with Crippen molar-refractivity contribution in [3.8, 4) is 11.1 Å². The zero-order chi connectivity index (χ0) is 21.8. The molecule has 0 radical (unpaired) electrons. The van der Waals surface area contributed by atoms with Gasteiger partial charge < -0.3 is 5.11 Å². The fourth-order valence-electron chi connectivity index (χ4n) is 4.82. The Balaban J connectivity index is 1.57. The number of amides is 1. The first-order valence-electron chi connectivity index (χ1n) is 11.3. The molecule has 2 aliphatic rings. The van der Waals surface area contributed by atoms with E-state index in [2.05, 4.69) is 6.92 Å². The average Bonchev–Trinajstić information content (AvgIpc) is 3.22. The Bertz CT molecular complexity index is 988. The maximum Gasteiger partial charge on any atom is 0.336 e. The maximum absolute atomic E-state index is 13.1. The SMILES string of the molecule is CCCCC1=NC2(CCCC2)CC(=O)N1Cc1ccc(-c2ccccc2C(=O)O)cc1. The molecule has 0 saturated heterocycles. The third-order valence-corrected chi connectivity index (χ3v) is 6.51. The highest BCUT2D eigenvalue weighted by Crippen LogP contribution is 2.40. The van der Waals surface area contributed by atoms with E-state index in [1.807, 2.05) is 41.3 Å². The number of carboxylic acids is 1. The highest BCUT2D eigenvalue weighted by Gasteiger charge is 2.41. The van der Waals surface area contributed by atoms with Crippen molar-refractivity contribution in [1.82, 2.24) is 4.90 Å². The van der Waals surface area contributed by atoms with Crippen molar-refractivity contribution in [2.75, 3.05) is 0 Å². The molecule has 1 saturated carbocycles. The van der Waals surface area contributed by atoms with E-state index in [0.717, 1.165) is 61.9 Å². The summed E-state index contributed by atoms with van der Waals surface area (Å²) >= 11 is 0. The normalized spacial score (nSPS) is 17.8. The molecule has 0 aromatic heterocycles. The zero-order valence-corrected chi connectivity index (χ0v) is 18.1. The highest BCUT2D eigenvalue weighted by molar-refractivity contribution is 6.01. The minimum atomic E-state index is -0.934. The smallest absolute Gasteiger partial charge is 0.336 e. The third kappa shape index (κ3) is 4.55. The Morgan fingerprint density at radius 3 is 2.48 bits per heavy atom. The van der Waals surface area contributed by atoms with Crippen LogP contribution in [0.1, 0.15) is 74.2 Å². The molecule has 1 spiro atoms. The number of aromatic carboxylic acids is 1. The first-order chi connectivity index (χ1) is 15.0. The number of hydrogen-bond donors (Lipinski definition) is 1. The molecule has 1 aliphatic heterocycles. The van der Waals surface area contributed by atoms with Gasteiger partial charge in [0.2, 0.25) is 5.91 Å². The summed E-state index contributed by atoms with van der Waals surface area (Å²) in [6.07, 6.45) is 7.85. The number of nitrogens with zero attached hydrogens (tertiary/aromatic N) is 2. The molecule has 5 nitrogen and oxygen atoms in total. The van der Waals surface area contributed by atoms with Crippen molar-refractivity contribution in [2.45, 2.75) is 70.4 Å². The number of unbranched alkanes of at least 4 members (excludes halogenated alkanes) is 1. The molecule has 1 amide bonds. The van der Waals surface area contributed by atoms with E-state index in [-0.39, 0.29) is 17.0 Å². The van der Waals surface area contributed by atoms with Crippen LogP contribution >= 0.6 is 0 Å². The van der Waals surface area contributed by atoms with Gasteiger partial charge in [0.15, 0.2) is 0 Å². The van der Waals surface area contributed by atoms with Gasteiger partial charge in [0, 0.05) is 6.42 Å². The van der Waals surface area contributed by atoms with Gasteiger partial charge in [-0.3, -0.25) is 14.7 Å². The van der Waals surface area contributed by atoms with Crippen LogP contribution in [0.4, 0.5) is 0 Å². The number of carboxylic acid groups (broad SMARTS) is 1. The molecule has 1 aliphatic carbocycles. The zero-order valence-electron chi connectivity index (χ0n) is 18.1. The number of hydrogen-bond acceptors (Lipinski definition) is 3.